The summed E-state index contributed by atoms with van der Waals surface area (Å²) in [5.41, 5.74) is 1.24. The molecule has 0 saturated heterocycles. The van der Waals surface area contributed by atoms with E-state index >= 15 is 0 Å². The third-order valence-corrected chi connectivity index (χ3v) is 1.26. The summed E-state index contributed by atoms with van der Waals surface area (Å²) in [5.74, 6) is 0. The van der Waals surface area contributed by atoms with Crippen molar-refractivity contribution in [1.82, 2.24) is 0 Å². The minimum Gasteiger partial charge on any atom is -0.0889 e. The van der Waals surface area contributed by atoms with Gasteiger partial charge in [0.15, 0.2) is 0 Å². The lowest BCUT2D eigenvalue weighted by Gasteiger charge is -1.88. The first-order chi connectivity index (χ1) is 3.79. The van der Waals surface area contributed by atoms with Crippen LogP contribution in [0.3, 0.4) is 0 Å². The first-order valence-corrected chi connectivity index (χ1v) is 2.89. The van der Waals surface area contributed by atoms with Crippen molar-refractivity contribution in [1.29, 1.82) is 0 Å². The normalized spacial score (nSPS) is 9.12. The van der Waals surface area contributed by atoms with Gasteiger partial charge in [0, 0.05) is 5.02 Å². The fourth-order valence-electron chi connectivity index (χ4n) is 0.533. The summed E-state index contributed by atoms with van der Waals surface area (Å²) in [5, 5.41) is 0.801. The van der Waals surface area contributed by atoms with E-state index in [0.717, 1.165) is 5.02 Å². The van der Waals surface area contributed by atoms with Crippen LogP contribution in [0.1, 0.15) is 0 Å². The maximum absolute atomic E-state index is 5.61. The zero-order chi connectivity index (χ0) is 5.98. The molecule has 0 aliphatic heterocycles. The molecule has 0 nitrogen and oxygen atoms in total. The Morgan fingerprint density at radius 1 is 1.12 bits per heavy atom. The van der Waals surface area contributed by atoms with E-state index in [1.807, 2.05) is 32.1 Å². The van der Waals surface area contributed by atoms with Gasteiger partial charge in [-0.25, -0.2) is 0 Å². The second-order valence-electron chi connectivity index (χ2n) is 1.80. The predicted molar refractivity (Wildman–Crippen MR) is 39.6 cm³/mol. The van der Waals surface area contributed by atoms with Crippen molar-refractivity contribution in [2.24, 2.45) is 0 Å². The zero-order valence-corrected chi connectivity index (χ0v) is 5.44. The van der Waals surface area contributed by atoms with Crippen LogP contribution < -0.4 is 5.46 Å². The zero-order valence-electron chi connectivity index (χ0n) is 4.69. The van der Waals surface area contributed by atoms with E-state index in [9.17, 15) is 0 Å². The first kappa shape index (κ1) is 5.71. The molecule has 0 aliphatic carbocycles. The number of rotatable bonds is 0. The van der Waals surface area contributed by atoms with Crippen molar-refractivity contribution in [3.63, 3.8) is 0 Å². The van der Waals surface area contributed by atoms with Crippen molar-refractivity contribution in [3.8, 4) is 0 Å². The van der Waals surface area contributed by atoms with Gasteiger partial charge in [-0.15, -0.1) is 0 Å². The van der Waals surface area contributed by atoms with Gasteiger partial charge in [-0.2, -0.15) is 0 Å². The third kappa shape index (κ3) is 1.27. The van der Waals surface area contributed by atoms with E-state index in [1.54, 1.807) is 0 Å². The van der Waals surface area contributed by atoms with Crippen molar-refractivity contribution in [3.05, 3.63) is 29.3 Å². The molecular weight excluding hydrogens is 118 g/mol. The monoisotopic (exact) mass is 124 g/mol. The first-order valence-electron chi connectivity index (χ1n) is 2.51. The molecular formula is C6H6BCl. The number of halogens is 1. The average molecular weight is 124 g/mol. The predicted octanol–water partition coefficient (Wildman–Crippen LogP) is 0.598. The van der Waals surface area contributed by atoms with Gasteiger partial charge < -0.3 is 0 Å². The second-order valence-corrected chi connectivity index (χ2v) is 2.23. The van der Waals surface area contributed by atoms with Crippen LogP contribution in [-0.2, 0) is 0 Å². The number of hydrogen-bond acceptors (Lipinski definition) is 0. The largest absolute Gasteiger partial charge is 0.139 e. The SMILES string of the molecule is Bc1ccc(Cl)cc1. The summed E-state index contributed by atoms with van der Waals surface area (Å²) < 4.78 is 0. The topological polar surface area (TPSA) is 0 Å². The molecule has 0 N–H and O–H groups in total. The minimum atomic E-state index is 0.801. The molecule has 1 rings (SSSR count). The fourth-order valence-corrected chi connectivity index (χ4v) is 0.659. The maximum Gasteiger partial charge on any atom is 0.139 e. The molecule has 0 aliphatic rings. The van der Waals surface area contributed by atoms with Gasteiger partial charge in [0.2, 0.25) is 0 Å². The molecule has 0 radical (unpaired) electrons. The van der Waals surface area contributed by atoms with Gasteiger partial charge in [-0.1, -0.05) is 29.2 Å². The highest BCUT2D eigenvalue weighted by molar-refractivity contribution is 6.34. The van der Waals surface area contributed by atoms with Crippen LogP contribution in [-0.4, -0.2) is 7.85 Å². The Balaban J connectivity index is 3.03. The van der Waals surface area contributed by atoms with Gasteiger partial charge in [0.1, 0.15) is 7.85 Å². The summed E-state index contributed by atoms with van der Waals surface area (Å²) >= 11 is 5.61. The van der Waals surface area contributed by atoms with Gasteiger partial charge in [0.05, 0.1) is 0 Å². The Labute approximate surface area is 54.9 Å². The van der Waals surface area contributed by atoms with Gasteiger partial charge in [-0.05, 0) is 12.1 Å². The van der Waals surface area contributed by atoms with Crippen LogP contribution in [0.15, 0.2) is 24.3 Å². The van der Waals surface area contributed by atoms with Gasteiger partial charge >= 0.3 is 0 Å². The highest BCUT2D eigenvalue weighted by Gasteiger charge is 1.82. The maximum atomic E-state index is 5.61. The summed E-state index contributed by atoms with van der Waals surface area (Å²) in [6, 6.07) is 7.75. The summed E-state index contributed by atoms with van der Waals surface area (Å²) in [6.07, 6.45) is 0. The molecule has 0 aromatic heterocycles. The van der Waals surface area contributed by atoms with Crippen LogP contribution in [0.25, 0.3) is 0 Å². The molecule has 0 spiro atoms. The second kappa shape index (κ2) is 2.23. The Hall–Kier alpha value is -0.425. The molecule has 0 atom stereocenters. The summed E-state index contributed by atoms with van der Waals surface area (Å²) in [4.78, 5) is 0. The molecule has 0 fully saturated rings. The van der Waals surface area contributed by atoms with Gasteiger partial charge in [-0.3, -0.25) is 0 Å². The molecule has 0 unspecified atom stereocenters. The molecule has 0 saturated carbocycles. The van der Waals surface area contributed by atoms with Crippen LogP contribution >= 0.6 is 11.6 Å². The van der Waals surface area contributed by atoms with Crippen molar-refractivity contribution in [2.45, 2.75) is 0 Å². The quantitative estimate of drug-likeness (QED) is 0.444. The summed E-state index contributed by atoms with van der Waals surface area (Å²) in [7, 11) is 2.04. The van der Waals surface area contributed by atoms with Crippen LogP contribution in [0, 0.1) is 0 Å². The molecule has 8 heavy (non-hydrogen) atoms. The molecule has 40 valence electrons. The molecule has 1 aromatic carbocycles. The molecule has 1 aromatic rings. The van der Waals surface area contributed by atoms with Crippen LogP contribution in [0.5, 0.6) is 0 Å². The van der Waals surface area contributed by atoms with E-state index < -0.39 is 0 Å². The molecule has 0 heterocycles. The number of hydrogen-bond donors (Lipinski definition) is 0. The Morgan fingerprint density at radius 2 is 1.62 bits per heavy atom. The van der Waals surface area contributed by atoms with Crippen molar-refractivity contribution >= 4 is 24.9 Å². The summed E-state index contributed by atoms with van der Waals surface area (Å²) in [6.45, 7) is 0. The fraction of sp³-hybridized carbons (Fsp3) is 0. The Kier molecular flexibility index (Phi) is 1.59. The van der Waals surface area contributed by atoms with E-state index in [-0.39, 0.29) is 0 Å². The Morgan fingerprint density at radius 3 is 2.00 bits per heavy atom. The third-order valence-electron chi connectivity index (χ3n) is 1.01. The lowest BCUT2D eigenvalue weighted by atomic mass is 9.97. The van der Waals surface area contributed by atoms with Crippen molar-refractivity contribution in [2.75, 3.05) is 0 Å². The smallest absolute Gasteiger partial charge is 0.0889 e. The minimum absolute atomic E-state index is 0.801. The Bertz CT molecular complexity index is 147. The lowest BCUT2D eigenvalue weighted by molar-refractivity contribution is 1.77. The van der Waals surface area contributed by atoms with Crippen LogP contribution in [0.2, 0.25) is 5.02 Å². The van der Waals surface area contributed by atoms with E-state index in [4.69, 9.17) is 11.6 Å². The molecule has 0 amide bonds. The standard InChI is InChI=1S/C6H6BCl/c7-5-1-3-6(8)4-2-5/h1-4H,7H2. The highest BCUT2D eigenvalue weighted by Crippen LogP contribution is 2.02. The van der Waals surface area contributed by atoms with E-state index in [1.165, 1.54) is 5.46 Å². The van der Waals surface area contributed by atoms with Crippen molar-refractivity contribution < 1.29 is 0 Å². The molecule has 2 heteroatoms. The lowest BCUT2D eigenvalue weighted by Crippen LogP contribution is -1.97. The average Bonchev–Trinajstić information content (AvgIpc) is 1.77. The molecule has 0 bridgehead atoms. The van der Waals surface area contributed by atoms with E-state index in [2.05, 4.69) is 0 Å². The van der Waals surface area contributed by atoms with Crippen LogP contribution in [0.4, 0.5) is 0 Å². The van der Waals surface area contributed by atoms with Gasteiger partial charge in [0.25, 0.3) is 0 Å². The highest BCUT2D eigenvalue weighted by atomic mass is 35.5. The number of benzene rings is 1. The van der Waals surface area contributed by atoms with E-state index in [0.29, 0.717) is 0 Å².